The number of likely N-dealkylation sites (N-methyl/N-ethyl adjacent to an activating group) is 1. The zero-order valence-corrected chi connectivity index (χ0v) is 16.8. The van der Waals surface area contributed by atoms with Crippen LogP contribution in [0.15, 0.2) is 0 Å². The monoisotopic (exact) mass is 397 g/mol. The predicted molar refractivity (Wildman–Crippen MR) is 101 cm³/mol. The van der Waals surface area contributed by atoms with E-state index >= 15 is 0 Å². The smallest absolute Gasteiger partial charge is 0.0701 e. The van der Waals surface area contributed by atoms with Crippen LogP contribution in [0.25, 0.3) is 0 Å². The van der Waals surface area contributed by atoms with E-state index in [2.05, 4.69) is 11.8 Å². The molecular formula is C18H39NO8. The van der Waals surface area contributed by atoms with Crippen molar-refractivity contribution in [3.05, 3.63) is 0 Å². The van der Waals surface area contributed by atoms with Gasteiger partial charge in [-0.1, -0.05) is 6.92 Å². The van der Waals surface area contributed by atoms with Gasteiger partial charge in [-0.15, -0.1) is 0 Å². The molecule has 2 N–H and O–H groups in total. The van der Waals surface area contributed by atoms with Crippen molar-refractivity contribution >= 4 is 0 Å². The van der Waals surface area contributed by atoms with E-state index in [0.29, 0.717) is 79.3 Å². The number of ether oxygens (including phenoxy) is 6. The topological polar surface area (TPSA) is 99.1 Å². The molecule has 0 saturated carbocycles. The molecule has 0 unspecified atom stereocenters. The molecule has 164 valence electrons. The van der Waals surface area contributed by atoms with E-state index < -0.39 is 0 Å². The first kappa shape index (κ1) is 26.6. The van der Waals surface area contributed by atoms with Crippen molar-refractivity contribution in [2.75, 3.05) is 112 Å². The Morgan fingerprint density at radius 3 is 1.07 bits per heavy atom. The molecule has 0 saturated heterocycles. The number of aliphatic hydroxyl groups excluding tert-OH is 2. The molecule has 0 aliphatic heterocycles. The second-order valence-electron chi connectivity index (χ2n) is 5.56. The zero-order chi connectivity index (χ0) is 19.8. The maximum Gasteiger partial charge on any atom is 0.0701 e. The van der Waals surface area contributed by atoms with Gasteiger partial charge in [-0.05, 0) is 6.54 Å². The Morgan fingerprint density at radius 1 is 0.481 bits per heavy atom. The molecule has 0 aromatic rings. The fraction of sp³-hybridized carbons (Fsp3) is 1.00. The van der Waals surface area contributed by atoms with Gasteiger partial charge in [0.05, 0.1) is 92.5 Å². The summed E-state index contributed by atoms with van der Waals surface area (Å²) in [5.41, 5.74) is 0. The van der Waals surface area contributed by atoms with Gasteiger partial charge in [0.1, 0.15) is 0 Å². The maximum absolute atomic E-state index is 8.55. The molecule has 0 bridgehead atoms. The minimum Gasteiger partial charge on any atom is -0.394 e. The molecule has 0 aliphatic rings. The number of rotatable bonds is 23. The minimum absolute atomic E-state index is 0.0391. The molecule has 0 radical (unpaired) electrons. The largest absolute Gasteiger partial charge is 0.394 e. The molecule has 9 heteroatoms. The minimum atomic E-state index is 0.0391. The van der Waals surface area contributed by atoms with Crippen LogP contribution in [0.2, 0.25) is 0 Å². The molecular weight excluding hydrogens is 358 g/mol. The molecule has 27 heavy (non-hydrogen) atoms. The molecule has 0 fully saturated rings. The number of aliphatic hydroxyl groups is 2. The lowest BCUT2D eigenvalue weighted by molar-refractivity contribution is -0.00168. The highest BCUT2D eigenvalue weighted by atomic mass is 16.6. The fourth-order valence-electron chi connectivity index (χ4n) is 2.03. The van der Waals surface area contributed by atoms with E-state index in [-0.39, 0.29) is 13.2 Å². The predicted octanol–water partition coefficient (Wildman–Crippen LogP) is -0.607. The van der Waals surface area contributed by atoms with Crippen LogP contribution in [-0.2, 0) is 28.4 Å². The Labute approximate surface area is 163 Å². The van der Waals surface area contributed by atoms with Gasteiger partial charge in [0.15, 0.2) is 0 Å². The van der Waals surface area contributed by atoms with E-state index in [9.17, 15) is 0 Å². The molecule has 0 rings (SSSR count). The van der Waals surface area contributed by atoms with E-state index in [1.54, 1.807) is 0 Å². The first-order valence-electron chi connectivity index (χ1n) is 9.75. The first-order valence-corrected chi connectivity index (χ1v) is 9.75. The van der Waals surface area contributed by atoms with Crippen LogP contribution in [0.5, 0.6) is 0 Å². The molecule has 0 amide bonds. The highest BCUT2D eigenvalue weighted by Crippen LogP contribution is 1.90. The first-order chi connectivity index (χ1) is 13.3. The second-order valence-corrected chi connectivity index (χ2v) is 5.56. The summed E-state index contributed by atoms with van der Waals surface area (Å²) in [6, 6.07) is 0. The summed E-state index contributed by atoms with van der Waals surface area (Å²) in [5.74, 6) is 0. The lowest BCUT2D eigenvalue weighted by Crippen LogP contribution is -2.31. The standard InChI is InChI=1S/C18H39NO8/c1-2-19(3-7-22-11-15-26-17-13-24-9-5-20)4-8-23-12-16-27-18-14-25-10-6-21/h20-21H,2-18H2,1H3. The van der Waals surface area contributed by atoms with Crippen LogP contribution in [0.3, 0.4) is 0 Å². The molecule has 9 nitrogen and oxygen atoms in total. The third-order valence-corrected chi connectivity index (χ3v) is 3.51. The van der Waals surface area contributed by atoms with Gasteiger partial charge in [0.25, 0.3) is 0 Å². The maximum atomic E-state index is 8.55. The van der Waals surface area contributed by atoms with Gasteiger partial charge in [0, 0.05) is 13.1 Å². The quantitative estimate of drug-likeness (QED) is 0.219. The average molecular weight is 398 g/mol. The van der Waals surface area contributed by atoms with Crippen molar-refractivity contribution in [2.24, 2.45) is 0 Å². The van der Waals surface area contributed by atoms with Crippen molar-refractivity contribution in [2.45, 2.75) is 6.92 Å². The van der Waals surface area contributed by atoms with Crippen LogP contribution < -0.4 is 0 Å². The summed E-state index contributed by atoms with van der Waals surface area (Å²) >= 11 is 0. The van der Waals surface area contributed by atoms with Crippen molar-refractivity contribution in [1.82, 2.24) is 4.90 Å². The summed E-state index contributed by atoms with van der Waals surface area (Å²) in [7, 11) is 0. The highest BCUT2D eigenvalue weighted by Gasteiger charge is 2.02. The Kier molecular flexibility index (Phi) is 23.4. The third-order valence-electron chi connectivity index (χ3n) is 3.51. The van der Waals surface area contributed by atoms with E-state index in [1.165, 1.54) is 0 Å². The third kappa shape index (κ3) is 21.8. The molecule has 0 aliphatic carbocycles. The van der Waals surface area contributed by atoms with Gasteiger partial charge in [0.2, 0.25) is 0 Å². The van der Waals surface area contributed by atoms with E-state index in [4.69, 9.17) is 38.6 Å². The van der Waals surface area contributed by atoms with Gasteiger partial charge in [-0.25, -0.2) is 0 Å². The Morgan fingerprint density at radius 2 is 0.778 bits per heavy atom. The highest BCUT2D eigenvalue weighted by molar-refractivity contribution is 4.54. The Balaban J connectivity index is 3.28. The molecule has 0 aromatic carbocycles. The molecule has 0 heterocycles. The number of hydrogen-bond acceptors (Lipinski definition) is 9. The second kappa shape index (κ2) is 23.7. The summed E-state index contributed by atoms with van der Waals surface area (Å²) < 4.78 is 32.0. The van der Waals surface area contributed by atoms with Crippen LogP contribution in [0.4, 0.5) is 0 Å². The number of nitrogens with zero attached hydrogens (tertiary/aromatic N) is 1. The number of hydrogen-bond donors (Lipinski definition) is 2. The van der Waals surface area contributed by atoms with E-state index in [0.717, 1.165) is 19.6 Å². The fourth-order valence-corrected chi connectivity index (χ4v) is 2.03. The summed E-state index contributed by atoms with van der Waals surface area (Å²) in [5, 5.41) is 17.1. The Hall–Kier alpha value is -0.360. The van der Waals surface area contributed by atoms with Crippen LogP contribution in [0.1, 0.15) is 6.92 Å². The van der Waals surface area contributed by atoms with Crippen molar-refractivity contribution in [1.29, 1.82) is 0 Å². The average Bonchev–Trinajstić information content (AvgIpc) is 2.69. The van der Waals surface area contributed by atoms with Crippen LogP contribution >= 0.6 is 0 Å². The van der Waals surface area contributed by atoms with E-state index in [1.807, 2.05) is 0 Å². The van der Waals surface area contributed by atoms with Crippen molar-refractivity contribution in [3.63, 3.8) is 0 Å². The summed E-state index contributed by atoms with van der Waals surface area (Å²) in [4.78, 5) is 2.27. The van der Waals surface area contributed by atoms with Crippen LogP contribution in [0, 0.1) is 0 Å². The van der Waals surface area contributed by atoms with Gasteiger partial charge >= 0.3 is 0 Å². The Bertz CT molecular complexity index is 250. The molecule has 0 atom stereocenters. The van der Waals surface area contributed by atoms with Gasteiger partial charge < -0.3 is 38.6 Å². The van der Waals surface area contributed by atoms with Gasteiger partial charge in [-0.3, -0.25) is 4.90 Å². The molecule has 0 spiro atoms. The molecule has 0 aromatic heterocycles. The van der Waals surface area contributed by atoms with Crippen LogP contribution in [-0.4, -0.2) is 127 Å². The lowest BCUT2D eigenvalue weighted by atomic mass is 10.5. The van der Waals surface area contributed by atoms with Gasteiger partial charge in [-0.2, -0.15) is 0 Å². The summed E-state index contributed by atoms with van der Waals surface area (Å²) in [6.45, 7) is 11.1. The SMILES string of the molecule is CCN(CCOCCOCCOCCO)CCOCCOCCOCCO. The summed E-state index contributed by atoms with van der Waals surface area (Å²) in [6.07, 6.45) is 0. The normalized spacial score (nSPS) is 11.6. The zero-order valence-electron chi connectivity index (χ0n) is 16.8. The lowest BCUT2D eigenvalue weighted by Gasteiger charge is -2.20. The van der Waals surface area contributed by atoms with Crippen molar-refractivity contribution in [3.8, 4) is 0 Å². The van der Waals surface area contributed by atoms with Crippen molar-refractivity contribution < 1.29 is 38.6 Å².